The number of carbonyl (C=O) groups is 2. The van der Waals surface area contributed by atoms with Crippen molar-refractivity contribution in [1.29, 1.82) is 0 Å². The Morgan fingerprint density at radius 2 is 0.737 bits per heavy atom. The van der Waals surface area contributed by atoms with E-state index in [-0.39, 0.29) is 60.2 Å². The third-order valence-electron chi connectivity index (χ3n) is 25.0. The lowest BCUT2D eigenvalue weighted by molar-refractivity contribution is -0.118. The molecule has 0 saturated heterocycles. The minimum Gasteiger partial charge on any atom is -0.340 e. The van der Waals surface area contributed by atoms with Crippen LogP contribution in [0.2, 0.25) is 0 Å². The molecule has 12 heterocycles. The zero-order chi connectivity index (χ0) is 93.3. The van der Waals surface area contributed by atoms with E-state index >= 15 is 0 Å². The Morgan fingerprint density at radius 3 is 1.11 bits per heavy atom. The number of benzene rings is 8. The molecule has 2 amide bonds. The first-order valence-corrected chi connectivity index (χ1v) is 45.2. The predicted molar refractivity (Wildman–Crippen MR) is 523 cm³/mol. The standard InChI is InChI=1S/2C28H29N5.C27H26FN5O.C26H24FN5O/c2*1-18(2)24-8-6-7-9-25(24)26-30-17-23-16-19(3)33(28(23)31-26)20(4)21-10-12-22(13-11-21)27-29-14-15-32(27)5;1-16(2)24-21(6-5-7-22(24)28)25-29-13-20-12-23(34)33(27(20)31-25)15-18-8-10-19(11-9-18)26-30-17(3)14-32(26)4;1-16(2)24-20(5-4-6-21(24)27)25-28-12-19-11-23(33)32(26(19)30-25)13-17-7-9-18(10-8-17)22-14-31(3)15-29-22/h2*6-15,17-18,20H,3,16H2,1-2,4-5H3;5-11,13-14,16H,12,15H2,1-4H3;4-10,12,14-16H,11,13H2,1-3H3/t2*20-;;/m10../s1. The Balaban J connectivity index is 0.000000124. The zero-order valence-electron chi connectivity index (χ0n) is 77.8. The molecule has 20 rings (SSSR count). The maximum absolute atomic E-state index is 14.5. The Kier molecular flexibility index (Phi) is 25.7. The van der Waals surface area contributed by atoms with E-state index in [1.165, 1.54) is 34.4 Å². The molecule has 24 heteroatoms. The van der Waals surface area contributed by atoms with Crippen LogP contribution in [0.5, 0.6) is 0 Å². The van der Waals surface area contributed by atoms with E-state index in [1.807, 2.05) is 191 Å². The van der Waals surface area contributed by atoms with Crippen molar-refractivity contribution in [3.8, 4) is 91.0 Å². The molecule has 0 aliphatic carbocycles. The highest BCUT2D eigenvalue weighted by Gasteiger charge is 2.36. The number of imidazole rings is 4. The SMILES string of the molecule is C=C1Cc2cnc(-c3ccccc3C(C)C)nc2N1[C@@H](C)c1ccc(-c2nccn2C)cc1.C=C1Cc2cnc(-c3ccccc3C(C)C)nc2N1[C@H](C)c1ccc(-c2nccn2C)cc1.CC(C)c1c(F)cccc1-c1ncc2c(n1)N(Cc1ccc(-c3cn(C)cn3)cc1)C(=O)C2.Cc1cn(C)c(-c2ccc(CN3C(=O)Cc4cnc(-c5cccc(F)c5C(C)C)nc43)cc2)n1. The number of hydrogen-bond acceptors (Lipinski definition) is 16. The minimum atomic E-state index is -0.271. The maximum atomic E-state index is 14.5. The molecular formula is C109H108F2N20O2. The number of halogens is 2. The van der Waals surface area contributed by atoms with Crippen molar-refractivity contribution in [3.63, 3.8) is 0 Å². The van der Waals surface area contributed by atoms with Crippen molar-refractivity contribution in [1.82, 2.24) is 78.1 Å². The number of carbonyl (C=O) groups excluding carboxylic acids is 2. The van der Waals surface area contributed by atoms with Crippen molar-refractivity contribution in [2.75, 3.05) is 19.6 Å². The molecule has 0 fully saturated rings. The lowest BCUT2D eigenvalue weighted by atomic mass is 9.96. The molecule has 22 nitrogen and oxygen atoms in total. The summed E-state index contributed by atoms with van der Waals surface area (Å²) in [5.41, 5.74) is 23.7. The fourth-order valence-electron chi connectivity index (χ4n) is 18.2. The van der Waals surface area contributed by atoms with Crippen LogP contribution in [0.3, 0.4) is 0 Å². The summed E-state index contributed by atoms with van der Waals surface area (Å²) in [6.07, 6.45) is 22.7. The highest BCUT2D eigenvalue weighted by molar-refractivity contribution is 6.01. The van der Waals surface area contributed by atoms with Crippen molar-refractivity contribution in [2.45, 2.75) is 151 Å². The summed E-state index contributed by atoms with van der Waals surface area (Å²) in [5.74, 6) is 8.54. The molecule has 670 valence electrons. The first kappa shape index (κ1) is 89.8. The molecule has 0 spiro atoms. The predicted octanol–water partition coefficient (Wildman–Crippen LogP) is 22.7. The summed E-state index contributed by atoms with van der Waals surface area (Å²) in [4.78, 5) is 89.3. The number of hydrogen-bond donors (Lipinski definition) is 0. The fraction of sp³-hybridized carbons (Fsp3) is 0.248. The van der Waals surface area contributed by atoms with Crippen LogP contribution >= 0.6 is 0 Å². The molecule has 0 N–H and O–H groups in total. The Hall–Kier alpha value is -15.2. The van der Waals surface area contributed by atoms with Gasteiger partial charge in [-0.3, -0.25) is 19.4 Å². The highest BCUT2D eigenvalue weighted by atomic mass is 19.1. The molecule has 0 radical (unpaired) electrons. The Morgan fingerprint density at radius 1 is 0.368 bits per heavy atom. The summed E-state index contributed by atoms with van der Waals surface area (Å²) in [5, 5.41) is 0. The van der Waals surface area contributed by atoms with E-state index in [4.69, 9.17) is 29.9 Å². The van der Waals surface area contributed by atoms with Crippen LogP contribution in [-0.2, 0) is 76.6 Å². The Labute approximate surface area is 775 Å². The smallest absolute Gasteiger partial charge is 0.233 e. The number of amides is 2. The van der Waals surface area contributed by atoms with Crippen molar-refractivity contribution in [3.05, 3.63) is 359 Å². The van der Waals surface area contributed by atoms with E-state index in [9.17, 15) is 18.4 Å². The van der Waals surface area contributed by atoms with Gasteiger partial charge in [-0.15, -0.1) is 0 Å². The summed E-state index contributed by atoms with van der Waals surface area (Å²) >= 11 is 0. The lowest BCUT2D eigenvalue weighted by Crippen LogP contribution is -2.26. The molecular weight excluding hydrogens is 1660 g/mol. The molecule has 4 aliphatic heterocycles. The summed E-state index contributed by atoms with van der Waals surface area (Å²) in [7, 11) is 7.94. The van der Waals surface area contributed by atoms with Gasteiger partial charge in [0, 0.05) is 192 Å². The summed E-state index contributed by atoms with van der Waals surface area (Å²) < 4.78 is 37.0. The number of aryl methyl sites for hydroxylation is 5. The molecule has 8 aromatic carbocycles. The average molecular weight is 1770 g/mol. The highest BCUT2D eigenvalue weighted by Crippen LogP contribution is 2.45. The molecule has 8 aromatic heterocycles. The van der Waals surface area contributed by atoms with Crippen molar-refractivity contribution >= 4 is 35.1 Å². The molecule has 133 heavy (non-hydrogen) atoms. The maximum Gasteiger partial charge on any atom is 0.233 e. The van der Waals surface area contributed by atoms with Gasteiger partial charge >= 0.3 is 0 Å². The van der Waals surface area contributed by atoms with E-state index in [1.54, 1.807) is 40.7 Å². The van der Waals surface area contributed by atoms with Gasteiger partial charge in [0.15, 0.2) is 23.3 Å². The van der Waals surface area contributed by atoms with Gasteiger partial charge in [-0.25, -0.2) is 68.6 Å². The van der Waals surface area contributed by atoms with Crippen LogP contribution in [0.4, 0.5) is 32.1 Å². The number of aromatic nitrogens is 16. The van der Waals surface area contributed by atoms with Gasteiger partial charge in [0.25, 0.3) is 0 Å². The first-order valence-electron chi connectivity index (χ1n) is 45.2. The van der Waals surface area contributed by atoms with Crippen LogP contribution in [0, 0.1) is 18.6 Å². The quantitative estimate of drug-likeness (QED) is 0.0692. The molecule has 2 atom stereocenters. The number of fused-ring (bicyclic) bond motifs is 4. The summed E-state index contributed by atoms with van der Waals surface area (Å²) in [6, 6.07) is 60.3. The molecule has 4 aliphatic rings. The van der Waals surface area contributed by atoms with Gasteiger partial charge < -0.3 is 28.1 Å². The van der Waals surface area contributed by atoms with Gasteiger partial charge in [0.05, 0.1) is 55.7 Å². The van der Waals surface area contributed by atoms with Crippen molar-refractivity contribution in [2.24, 2.45) is 28.2 Å². The number of nitrogens with zero attached hydrogens (tertiary/aromatic N) is 20. The number of anilines is 4. The van der Waals surface area contributed by atoms with Gasteiger partial charge in [0.1, 0.15) is 52.4 Å². The number of allylic oxidation sites excluding steroid dienone is 2. The lowest BCUT2D eigenvalue weighted by Gasteiger charge is -2.28. The molecule has 0 bridgehead atoms. The van der Waals surface area contributed by atoms with E-state index in [0.29, 0.717) is 70.5 Å². The van der Waals surface area contributed by atoms with Crippen LogP contribution in [0.15, 0.2) is 275 Å². The van der Waals surface area contributed by atoms with Crippen LogP contribution < -0.4 is 19.6 Å². The first-order chi connectivity index (χ1) is 64.1. The second-order valence-corrected chi connectivity index (χ2v) is 35.9. The number of rotatable bonds is 20. The molecule has 16 aromatic rings. The second-order valence-electron chi connectivity index (χ2n) is 35.9. The third-order valence-corrected chi connectivity index (χ3v) is 25.0. The molecule has 0 saturated carbocycles. The molecule has 0 unspecified atom stereocenters. The van der Waals surface area contributed by atoms with Crippen molar-refractivity contribution < 1.29 is 18.4 Å². The average Bonchev–Trinajstić information content (AvgIpc) is 1.72. The summed E-state index contributed by atoms with van der Waals surface area (Å²) in [6.45, 7) is 32.5. The van der Waals surface area contributed by atoms with E-state index < -0.39 is 0 Å². The second kappa shape index (κ2) is 38.1. The largest absolute Gasteiger partial charge is 0.340 e. The van der Waals surface area contributed by atoms with E-state index in [2.05, 4.69) is 191 Å². The van der Waals surface area contributed by atoms with E-state index in [0.717, 1.165) is 143 Å². The minimum absolute atomic E-state index is 0.0198. The Bertz CT molecular complexity index is 6840. The van der Waals surface area contributed by atoms with Crippen LogP contribution in [0.25, 0.3) is 91.0 Å². The van der Waals surface area contributed by atoms with Gasteiger partial charge in [-0.1, -0.05) is 238 Å². The van der Waals surface area contributed by atoms with Crippen LogP contribution in [0.1, 0.15) is 177 Å². The zero-order valence-corrected chi connectivity index (χ0v) is 77.8. The third kappa shape index (κ3) is 18.6. The normalized spacial score (nSPS) is 13.6. The fourth-order valence-corrected chi connectivity index (χ4v) is 18.2. The monoisotopic (exact) mass is 1770 g/mol. The van der Waals surface area contributed by atoms with Gasteiger partial charge in [-0.2, -0.15) is 0 Å². The van der Waals surface area contributed by atoms with Crippen LogP contribution in [-0.4, -0.2) is 89.9 Å². The van der Waals surface area contributed by atoms with Gasteiger partial charge in [-0.05, 0) is 90.0 Å². The van der Waals surface area contributed by atoms with Gasteiger partial charge in [0.2, 0.25) is 11.8 Å². The topological polar surface area (TPSA) is 221 Å².